The van der Waals surface area contributed by atoms with E-state index in [1.165, 1.54) is 25.6 Å². The largest absolute Gasteiger partial charge is 0.480 e. The molecule has 1 rings (SSSR count). The van der Waals surface area contributed by atoms with E-state index >= 15 is 0 Å². The second-order valence-electron chi connectivity index (χ2n) is 11.7. The van der Waals surface area contributed by atoms with Crippen molar-refractivity contribution in [1.82, 2.24) is 21.3 Å². The molecule has 6 N–H and O–H groups in total. The minimum Gasteiger partial charge on any atom is -0.480 e. The zero-order chi connectivity index (χ0) is 31.4. The van der Waals surface area contributed by atoms with Crippen LogP contribution in [0.4, 0.5) is 0 Å². The Hall–Kier alpha value is -2.67. The van der Waals surface area contributed by atoms with Gasteiger partial charge in [0.05, 0.1) is 18.1 Å². The molecular weight excluding hydrogens is 552 g/mol. The van der Waals surface area contributed by atoms with E-state index < -0.39 is 65.8 Å². The number of carboxylic acid groups (broad SMARTS) is 1. The smallest absolute Gasteiger partial charge is 0.325 e. The van der Waals surface area contributed by atoms with Gasteiger partial charge in [0, 0.05) is 25.7 Å². The van der Waals surface area contributed by atoms with Crippen LogP contribution in [0.3, 0.4) is 0 Å². The molecule has 0 spiro atoms. The van der Waals surface area contributed by atoms with Crippen LogP contribution in [0.2, 0.25) is 0 Å². The molecule has 0 aromatic carbocycles. The molecule has 7 atom stereocenters. The Morgan fingerprint density at radius 2 is 1.46 bits per heavy atom. The number of carbonyl (C=O) groups excluding carboxylic acids is 5. The summed E-state index contributed by atoms with van der Waals surface area (Å²) < 4.78 is 0. The summed E-state index contributed by atoms with van der Waals surface area (Å²) >= 11 is 1.50. The number of Topliss-reactive ketones (excluding diaryl/α,β-unsaturated/α-hetero) is 1. The van der Waals surface area contributed by atoms with Crippen LogP contribution in [0.15, 0.2) is 0 Å². The van der Waals surface area contributed by atoms with Crippen molar-refractivity contribution in [3.63, 3.8) is 0 Å². The molecule has 4 amide bonds. The van der Waals surface area contributed by atoms with E-state index in [0.29, 0.717) is 25.0 Å². The number of aliphatic hydroxyl groups is 1. The summed E-state index contributed by atoms with van der Waals surface area (Å²) in [5.41, 5.74) is 0. The molecule has 234 valence electrons. The molecule has 0 bridgehead atoms. The lowest BCUT2D eigenvalue weighted by Crippen LogP contribution is -2.57. The quantitative estimate of drug-likeness (QED) is 0.140. The zero-order valence-corrected chi connectivity index (χ0v) is 26.0. The molecule has 0 heterocycles. The van der Waals surface area contributed by atoms with Crippen LogP contribution in [-0.4, -0.2) is 87.9 Å². The number of aliphatic carboxylic acids is 1. The second kappa shape index (κ2) is 17.3. The van der Waals surface area contributed by atoms with Gasteiger partial charge >= 0.3 is 5.97 Å². The average Bonchev–Trinajstić information content (AvgIpc) is 3.25. The number of nitrogens with one attached hydrogen (secondary N) is 4. The van der Waals surface area contributed by atoms with Crippen molar-refractivity contribution in [2.24, 2.45) is 23.7 Å². The minimum atomic E-state index is -1.27. The normalized spacial score (nSPS) is 20.6. The van der Waals surface area contributed by atoms with Crippen LogP contribution in [0.25, 0.3) is 0 Å². The van der Waals surface area contributed by atoms with Gasteiger partial charge in [-0.05, 0) is 50.0 Å². The first-order valence-electron chi connectivity index (χ1n) is 14.2. The van der Waals surface area contributed by atoms with Crippen molar-refractivity contribution >= 4 is 47.1 Å². The molecule has 13 heteroatoms. The third-order valence-electron chi connectivity index (χ3n) is 7.04. The molecule has 0 aromatic rings. The molecule has 1 aliphatic carbocycles. The van der Waals surface area contributed by atoms with Crippen LogP contribution < -0.4 is 21.3 Å². The van der Waals surface area contributed by atoms with Gasteiger partial charge in [-0.25, -0.2) is 0 Å². The molecule has 1 saturated carbocycles. The van der Waals surface area contributed by atoms with E-state index in [4.69, 9.17) is 5.11 Å². The molecule has 12 nitrogen and oxygen atoms in total. The molecule has 0 aromatic heterocycles. The van der Waals surface area contributed by atoms with Gasteiger partial charge in [0.25, 0.3) is 0 Å². The summed E-state index contributed by atoms with van der Waals surface area (Å²) in [6.07, 6.45) is 1.42. The molecule has 41 heavy (non-hydrogen) atoms. The van der Waals surface area contributed by atoms with Gasteiger partial charge in [-0.2, -0.15) is 11.8 Å². The maximum atomic E-state index is 13.5. The molecule has 1 aliphatic rings. The van der Waals surface area contributed by atoms with Crippen molar-refractivity contribution in [2.45, 2.75) is 104 Å². The van der Waals surface area contributed by atoms with Crippen LogP contribution in [0.5, 0.6) is 0 Å². The molecule has 0 saturated heterocycles. The summed E-state index contributed by atoms with van der Waals surface area (Å²) in [5.74, 6) is -4.51. The van der Waals surface area contributed by atoms with Gasteiger partial charge in [0.15, 0.2) is 0 Å². The van der Waals surface area contributed by atoms with E-state index in [1.54, 1.807) is 0 Å². The van der Waals surface area contributed by atoms with Crippen molar-refractivity contribution in [3.8, 4) is 0 Å². The minimum absolute atomic E-state index is 0.0285. The number of aliphatic hydroxyl groups excluding tert-OH is 1. The standard InChI is InChI=1S/C28H48N4O8S/c1-14(2)10-22(24(35)19-12-18(34)13-20(19)25(36)29-16(5)28(39)40)32-26(37)21(8-9-41-7)31-27(38)23(11-15(3)4)30-17(6)33/h14-16,19-24,35H,8-13H2,1-7H3,(H,29,36)(H,30,33)(H,31,38)(H,32,37)(H,39,40)/t16-,19+,20+,21-,22-,23-,24-/m0/s1. The Labute approximate surface area is 246 Å². The van der Waals surface area contributed by atoms with Crippen LogP contribution in [-0.2, 0) is 28.8 Å². The SMILES string of the molecule is CSCC[C@H](NC(=O)[C@H](CC(C)C)NC(C)=O)C(=O)N[C@@H](CC(C)C)[C@@H](O)[C@@H]1CC(=O)C[C@H]1C(=O)N[C@@H](C)C(=O)O. The fourth-order valence-electron chi connectivity index (χ4n) is 5.01. The lowest BCUT2D eigenvalue weighted by Gasteiger charge is -2.33. The summed E-state index contributed by atoms with van der Waals surface area (Å²) in [6, 6.07) is -3.76. The second-order valence-corrected chi connectivity index (χ2v) is 12.7. The number of rotatable bonds is 17. The van der Waals surface area contributed by atoms with Gasteiger partial charge in [-0.1, -0.05) is 27.7 Å². The third-order valence-corrected chi connectivity index (χ3v) is 7.69. The first-order valence-corrected chi connectivity index (χ1v) is 15.6. The fraction of sp³-hybridized carbons (Fsp3) is 0.786. The van der Waals surface area contributed by atoms with Crippen LogP contribution >= 0.6 is 11.8 Å². The van der Waals surface area contributed by atoms with Crippen LogP contribution in [0.1, 0.15) is 73.6 Å². The number of carboxylic acids is 1. The number of amides is 4. The van der Waals surface area contributed by atoms with Gasteiger partial charge in [0.2, 0.25) is 23.6 Å². The lowest BCUT2D eigenvalue weighted by atomic mass is 9.83. The fourth-order valence-corrected chi connectivity index (χ4v) is 5.48. The van der Waals surface area contributed by atoms with E-state index in [2.05, 4.69) is 21.3 Å². The Morgan fingerprint density at radius 1 is 0.878 bits per heavy atom. The van der Waals surface area contributed by atoms with Crippen molar-refractivity contribution < 1.29 is 39.0 Å². The van der Waals surface area contributed by atoms with Gasteiger partial charge in [0.1, 0.15) is 23.9 Å². The third kappa shape index (κ3) is 12.4. The summed E-state index contributed by atoms with van der Waals surface area (Å²) in [6.45, 7) is 10.3. The predicted molar refractivity (Wildman–Crippen MR) is 156 cm³/mol. The molecule has 0 radical (unpaired) electrons. The summed E-state index contributed by atoms with van der Waals surface area (Å²) in [5, 5.41) is 31.2. The maximum absolute atomic E-state index is 13.5. The first-order chi connectivity index (χ1) is 19.1. The van der Waals surface area contributed by atoms with E-state index in [0.717, 1.165) is 0 Å². The number of carbonyl (C=O) groups is 6. The predicted octanol–water partition coefficient (Wildman–Crippen LogP) is 0.852. The Bertz CT molecular complexity index is 944. The zero-order valence-electron chi connectivity index (χ0n) is 25.2. The highest BCUT2D eigenvalue weighted by Gasteiger charge is 2.45. The number of thioether (sulfide) groups is 1. The molecule has 1 fully saturated rings. The highest BCUT2D eigenvalue weighted by molar-refractivity contribution is 7.98. The molecule has 0 aliphatic heterocycles. The average molecular weight is 601 g/mol. The monoisotopic (exact) mass is 600 g/mol. The van der Waals surface area contributed by atoms with Crippen molar-refractivity contribution in [1.29, 1.82) is 0 Å². The topological polar surface area (TPSA) is 191 Å². The van der Waals surface area contributed by atoms with Crippen molar-refractivity contribution in [3.05, 3.63) is 0 Å². The summed E-state index contributed by atoms with van der Waals surface area (Å²) in [4.78, 5) is 74.7. The number of hydrogen-bond acceptors (Lipinski definition) is 8. The summed E-state index contributed by atoms with van der Waals surface area (Å²) in [7, 11) is 0. The number of ketones is 1. The van der Waals surface area contributed by atoms with E-state index in [1.807, 2.05) is 34.0 Å². The Kier molecular flexibility index (Phi) is 15.4. The van der Waals surface area contributed by atoms with Crippen molar-refractivity contribution in [2.75, 3.05) is 12.0 Å². The Balaban J connectivity index is 3.17. The Morgan fingerprint density at radius 3 is 1.98 bits per heavy atom. The van der Waals surface area contributed by atoms with Gasteiger partial charge in [-0.3, -0.25) is 28.8 Å². The molecular formula is C28H48N4O8S. The highest BCUT2D eigenvalue weighted by Crippen LogP contribution is 2.34. The van der Waals surface area contributed by atoms with E-state index in [9.17, 15) is 33.9 Å². The van der Waals surface area contributed by atoms with E-state index in [-0.39, 0.29) is 36.4 Å². The lowest BCUT2D eigenvalue weighted by molar-refractivity contribution is -0.142. The first kappa shape index (κ1) is 36.4. The maximum Gasteiger partial charge on any atom is 0.325 e. The van der Waals surface area contributed by atoms with Gasteiger partial charge in [-0.15, -0.1) is 0 Å². The molecule has 0 unspecified atom stereocenters. The van der Waals surface area contributed by atoms with Gasteiger partial charge < -0.3 is 31.5 Å². The number of hydrogen-bond donors (Lipinski definition) is 6. The highest BCUT2D eigenvalue weighted by atomic mass is 32.2. The van der Waals surface area contributed by atoms with Crippen LogP contribution in [0, 0.1) is 23.7 Å².